The summed E-state index contributed by atoms with van der Waals surface area (Å²) in [5.74, 6) is 0.234. The third-order valence-corrected chi connectivity index (χ3v) is 2.74. The molecule has 0 atom stereocenters. The molecule has 0 unspecified atom stereocenters. The predicted octanol–water partition coefficient (Wildman–Crippen LogP) is 3.16. The lowest BCUT2D eigenvalue weighted by Crippen LogP contribution is -1.91. The average Bonchev–Trinajstić information content (AvgIpc) is 2.40. The molecule has 1 rings (SSSR count). The number of hydrogen-bond donors (Lipinski definition) is 1. The molecule has 1 N–H and O–H groups in total. The molecule has 4 nitrogen and oxygen atoms in total. The van der Waals surface area contributed by atoms with E-state index in [0.29, 0.717) is 0 Å². The van der Waals surface area contributed by atoms with E-state index in [9.17, 15) is 0 Å². The minimum absolute atomic E-state index is 0.0573. The SMILES string of the molecule is COC(/C=C/Nc1ccc(I)cc1)=C(C#N)C#N. The third-order valence-electron chi connectivity index (χ3n) is 2.02. The highest BCUT2D eigenvalue weighted by molar-refractivity contribution is 14.1. The van der Waals surface area contributed by atoms with Crippen LogP contribution in [0.25, 0.3) is 0 Å². The van der Waals surface area contributed by atoms with Gasteiger partial charge in [-0.05, 0) is 52.9 Å². The van der Waals surface area contributed by atoms with E-state index >= 15 is 0 Å². The lowest BCUT2D eigenvalue weighted by molar-refractivity contribution is 0.305. The molecule has 0 aliphatic carbocycles. The van der Waals surface area contributed by atoms with Crippen LogP contribution in [-0.4, -0.2) is 7.11 Å². The fourth-order valence-corrected chi connectivity index (χ4v) is 1.51. The highest BCUT2D eigenvalue weighted by atomic mass is 127. The Morgan fingerprint density at radius 3 is 2.39 bits per heavy atom. The van der Waals surface area contributed by atoms with Gasteiger partial charge in [-0.3, -0.25) is 0 Å². The minimum Gasteiger partial charge on any atom is -0.495 e. The van der Waals surface area contributed by atoms with E-state index in [4.69, 9.17) is 15.3 Å². The molecule has 0 aromatic heterocycles. The van der Waals surface area contributed by atoms with Crippen molar-refractivity contribution in [3.05, 3.63) is 51.4 Å². The van der Waals surface area contributed by atoms with Crippen LogP contribution in [0.5, 0.6) is 0 Å². The van der Waals surface area contributed by atoms with Gasteiger partial charge in [0.1, 0.15) is 17.9 Å². The van der Waals surface area contributed by atoms with Crippen molar-refractivity contribution < 1.29 is 4.74 Å². The number of nitriles is 2. The molecule has 0 saturated carbocycles. The summed E-state index contributed by atoms with van der Waals surface area (Å²) in [6.45, 7) is 0. The number of nitrogens with zero attached hydrogens (tertiary/aromatic N) is 2. The van der Waals surface area contributed by atoms with E-state index in [-0.39, 0.29) is 11.3 Å². The van der Waals surface area contributed by atoms with E-state index in [1.54, 1.807) is 24.4 Å². The summed E-state index contributed by atoms with van der Waals surface area (Å²) in [7, 11) is 1.42. The first-order chi connectivity index (χ1) is 8.71. The van der Waals surface area contributed by atoms with Gasteiger partial charge in [-0.1, -0.05) is 0 Å². The van der Waals surface area contributed by atoms with E-state index in [1.165, 1.54) is 7.11 Å². The Hall–Kier alpha value is -1.99. The molecule has 1 aromatic carbocycles. The number of allylic oxidation sites excluding steroid dienone is 2. The molecule has 0 radical (unpaired) electrons. The molecule has 90 valence electrons. The van der Waals surface area contributed by atoms with Crippen LogP contribution < -0.4 is 5.32 Å². The molecule has 1 aromatic rings. The Bertz CT molecular complexity index is 531. The zero-order valence-corrected chi connectivity index (χ0v) is 11.8. The van der Waals surface area contributed by atoms with Gasteiger partial charge in [0.05, 0.1) is 7.11 Å². The molecular formula is C13H10IN3O. The molecule has 0 spiro atoms. The van der Waals surface area contributed by atoms with Crippen LogP contribution in [-0.2, 0) is 4.74 Å². The molecule has 0 heterocycles. The van der Waals surface area contributed by atoms with Crippen molar-refractivity contribution in [2.24, 2.45) is 0 Å². The summed E-state index contributed by atoms with van der Waals surface area (Å²) in [6.07, 6.45) is 3.16. The van der Waals surface area contributed by atoms with Crippen molar-refractivity contribution in [2.45, 2.75) is 0 Å². The van der Waals surface area contributed by atoms with Crippen LogP contribution in [0.1, 0.15) is 0 Å². The Balaban J connectivity index is 2.76. The molecule has 0 bridgehead atoms. The summed E-state index contributed by atoms with van der Waals surface area (Å²) in [5, 5.41) is 20.4. The second-order valence-electron chi connectivity index (χ2n) is 3.15. The molecule has 0 fully saturated rings. The molecule has 0 aliphatic rings. The van der Waals surface area contributed by atoms with Crippen molar-refractivity contribution in [3.63, 3.8) is 0 Å². The standard InChI is InChI=1S/C13H10IN3O/c1-18-13(10(8-15)9-16)6-7-17-12-4-2-11(14)3-5-12/h2-7,17H,1H3/b7-6+. The predicted molar refractivity (Wildman–Crippen MR) is 77.2 cm³/mol. The monoisotopic (exact) mass is 351 g/mol. The molecule has 5 heteroatoms. The Labute approximate surface area is 119 Å². The smallest absolute Gasteiger partial charge is 0.171 e. The number of nitrogens with one attached hydrogen (secondary N) is 1. The normalized spacial score (nSPS) is 9.33. The van der Waals surface area contributed by atoms with E-state index in [2.05, 4.69) is 27.9 Å². The first-order valence-corrected chi connectivity index (χ1v) is 6.06. The third kappa shape index (κ3) is 4.11. The maximum absolute atomic E-state index is 8.71. The number of anilines is 1. The van der Waals surface area contributed by atoms with Gasteiger partial charge in [0.15, 0.2) is 5.57 Å². The van der Waals surface area contributed by atoms with Gasteiger partial charge in [0.25, 0.3) is 0 Å². The van der Waals surface area contributed by atoms with Gasteiger partial charge in [-0.15, -0.1) is 0 Å². The van der Waals surface area contributed by atoms with Crippen molar-refractivity contribution >= 4 is 28.3 Å². The topological polar surface area (TPSA) is 68.8 Å². The summed E-state index contributed by atoms with van der Waals surface area (Å²) in [5.41, 5.74) is 0.857. The Kier molecular flexibility index (Phi) is 5.75. The molecule has 0 aliphatic heterocycles. The van der Waals surface area contributed by atoms with Crippen molar-refractivity contribution in [2.75, 3.05) is 12.4 Å². The van der Waals surface area contributed by atoms with Crippen LogP contribution in [0.15, 0.2) is 47.9 Å². The van der Waals surface area contributed by atoms with Gasteiger partial charge in [0, 0.05) is 15.5 Å². The van der Waals surface area contributed by atoms with Gasteiger partial charge >= 0.3 is 0 Å². The largest absolute Gasteiger partial charge is 0.495 e. The van der Waals surface area contributed by atoms with Gasteiger partial charge in [-0.2, -0.15) is 10.5 Å². The number of hydrogen-bond acceptors (Lipinski definition) is 4. The molecular weight excluding hydrogens is 341 g/mol. The number of ether oxygens (including phenoxy) is 1. The number of halogens is 1. The summed E-state index contributed by atoms with van der Waals surface area (Å²) in [4.78, 5) is 0. The second kappa shape index (κ2) is 7.36. The minimum atomic E-state index is -0.0573. The number of rotatable bonds is 4. The fourth-order valence-electron chi connectivity index (χ4n) is 1.15. The Morgan fingerprint density at radius 1 is 1.28 bits per heavy atom. The van der Waals surface area contributed by atoms with Crippen LogP contribution in [0.4, 0.5) is 5.69 Å². The van der Waals surface area contributed by atoms with Crippen LogP contribution >= 0.6 is 22.6 Å². The van der Waals surface area contributed by atoms with Gasteiger partial charge in [-0.25, -0.2) is 0 Å². The lowest BCUT2D eigenvalue weighted by atomic mass is 10.2. The highest BCUT2D eigenvalue weighted by Crippen LogP contribution is 2.12. The molecule has 0 amide bonds. The average molecular weight is 351 g/mol. The van der Waals surface area contributed by atoms with Crippen molar-refractivity contribution in [3.8, 4) is 12.1 Å². The number of methoxy groups -OCH3 is 1. The highest BCUT2D eigenvalue weighted by Gasteiger charge is 2.01. The second-order valence-corrected chi connectivity index (χ2v) is 4.40. The van der Waals surface area contributed by atoms with Crippen LogP contribution in [0, 0.1) is 26.2 Å². The summed E-state index contributed by atoms with van der Waals surface area (Å²) < 4.78 is 6.11. The van der Waals surface area contributed by atoms with Crippen molar-refractivity contribution in [1.29, 1.82) is 10.5 Å². The van der Waals surface area contributed by atoms with Crippen LogP contribution in [0.2, 0.25) is 0 Å². The van der Waals surface area contributed by atoms with Gasteiger partial charge in [0.2, 0.25) is 0 Å². The zero-order valence-electron chi connectivity index (χ0n) is 9.64. The zero-order chi connectivity index (χ0) is 13.4. The number of benzene rings is 1. The van der Waals surface area contributed by atoms with E-state index in [1.807, 2.05) is 24.3 Å². The lowest BCUT2D eigenvalue weighted by Gasteiger charge is -2.02. The van der Waals surface area contributed by atoms with Gasteiger partial charge < -0.3 is 10.1 Å². The summed E-state index contributed by atoms with van der Waals surface area (Å²) in [6, 6.07) is 11.3. The van der Waals surface area contributed by atoms with Crippen molar-refractivity contribution in [1.82, 2.24) is 0 Å². The van der Waals surface area contributed by atoms with E-state index in [0.717, 1.165) is 9.26 Å². The Morgan fingerprint density at radius 2 is 1.89 bits per heavy atom. The first kappa shape index (κ1) is 14.1. The summed E-state index contributed by atoms with van der Waals surface area (Å²) >= 11 is 2.22. The quantitative estimate of drug-likeness (QED) is 0.392. The van der Waals surface area contributed by atoms with E-state index < -0.39 is 0 Å². The molecule has 0 saturated heterocycles. The molecule has 18 heavy (non-hydrogen) atoms. The maximum Gasteiger partial charge on any atom is 0.171 e. The first-order valence-electron chi connectivity index (χ1n) is 4.98. The maximum atomic E-state index is 8.71. The fraction of sp³-hybridized carbons (Fsp3) is 0.0769. The van der Waals surface area contributed by atoms with Crippen LogP contribution in [0.3, 0.4) is 0 Å².